The number of carbonyl (C=O) groups excluding carboxylic acids is 1. The van der Waals surface area contributed by atoms with Gasteiger partial charge in [-0.2, -0.15) is 11.8 Å². The summed E-state index contributed by atoms with van der Waals surface area (Å²) in [5, 5.41) is 5.88. The molecule has 1 aromatic heterocycles. The molecule has 0 fully saturated rings. The van der Waals surface area contributed by atoms with Crippen LogP contribution in [0, 0.1) is 0 Å². The van der Waals surface area contributed by atoms with Gasteiger partial charge in [0.15, 0.2) is 0 Å². The lowest BCUT2D eigenvalue weighted by Gasteiger charge is -2.08. The number of pyridine rings is 1. The highest BCUT2D eigenvalue weighted by molar-refractivity contribution is 7.98. The van der Waals surface area contributed by atoms with E-state index in [2.05, 4.69) is 21.9 Å². The number of nitrogens with one attached hydrogen (secondary N) is 2. The van der Waals surface area contributed by atoms with Crippen LogP contribution in [-0.4, -0.2) is 36.5 Å². The summed E-state index contributed by atoms with van der Waals surface area (Å²) in [4.78, 5) is 15.8. The van der Waals surface area contributed by atoms with Gasteiger partial charge in [-0.3, -0.25) is 9.78 Å². The maximum absolute atomic E-state index is 11.9. The fraction of sp³-hybridized carbons (Fsp3) is 0.500. The van der Waals surface area contributed by atoms with Gasteiger partial charge < -0.3 is 10.6 Å². The first kappa shape index (κ1) is 13.8. The largest absolute Gasteiger partial charge is 0.386 e. The number of unbranched alkanes of at least 4 members (excludes halogenated alkanes) is 1. The van der Waals surface area contributed by atoms with Gasteiger partial charge in [0.05, 0.1) is 17.4 Å². The topological polar surface area (TPSA) is 54.0 Å². The van der Waals surface area contributed by atoms with E-state index in [0.29, 0.717) is 5.56 Å². The van der Waals surface area contributed by atoms with Crippen molar-refractivity contribution in [3.05, 3.63) is 24.0 Å². The number of hydrogen-bond donors (Lipinski definition) is 2. The predicted octanol–water partition coefficient (Wildman–Crippen LogP) is 2.00. The fourth-order valence-electron chi connectivity index (χ4n) is 1.46. The van der Waals surface area contributed by atoms with Crippen LogP contribution in [-0.2, 0) is 0 Å². The molecule has 94 valence electrons. The fourth-order valence-corrected chi connectivity index (χ4v) is 1.95. The van der Waals surface area contributed by atoms with E-state index in [4.69, 9.17) is 0 Å². The van der Waals surface area contributed by atoms with Crippen LogP contribution in [0.15, 0.2) is 18.5 Å². The van der Waals surface area contributed by atoms with Crippen LogP contribution in [0.5, 0.6) is 0 Å². The number of amides is 1. The van der Waals surface area contributed by atoms with E-state index in [-0.39, 0.29) is 5.91 Å². The maximum atomic E-state index is 11.9. The van der Waals surface area contributed by atoms with E-state index in [9.17, 15) is 4.79 Å². The molecule has 0 aliphatic carbocycles. The van der Waals surface area contributed by atoms with Gasteiger partial charge in [-0.05, 0) is 30.9 Å². The first-order valence-electron chi connectivity index (χ1n) is 5.68. The van der Waals surface area contributed by atoms with Crippen LogP contribution < -0.4 is 10.6 Å². The minimum absolute atomic E-state index is 0.0408. The molecule has 1 amide bonds. The predicted molar refractivity (Wildman–Crippen MR) is 73.7 cm³/mol. The van der Waals surface area contributed by atoms with E-state index in [1.54, 1.807) is 25.5 Å². The lowest BCUT2D eigenvalue weighted by atomic mass is 10.2. The molecular weight excluding hydrogens is 234 g/mol. The zero-order valence-electron chi connectivity index (χ0n) is 10.3. The SMILES string of the molecule is CNc1cnccc1C(=O)NCCCCSC. The maximum Gasteiger partial charge on any atom is 0.253 e. The number of thioether (sulfide) groups is 1. The third-order valence-corrected chi connectivity index (χ3v) is 3.09. The number of hydrogen-bond acceptors (Lipinski definition) is 4. The lowest BCUT2D eigenvalue weighted by molar-refractivity contribution is 0.0954. The van der Waals surface area contributed by atoms with Gasteiger partial charge in [0, 0.05) is 19.8 Å². The number of aromatic nitrogens is 1. The molecular formula is C12H19N3OS. The molecule has 0 aromatic carbocycles. The molecule has 4 nitrogen and oxygen atoms in total. The van der Waals surface area contributed by atoms with E-state index < -0.39 is 0 Å². The Hall–Kier alpha value is -1.23. The van der Waals surface area contributed by atoms with Crippen LogP contribution in [0.1, 0.15) is 23.2 Å². The van der Waals surface area contributed by atoms with Crippen molar-refractivity contribution in [3.63, 3.8) is 0 Å². The van der Waals surface area contributed by atoms with Gasteiger partial charge in [-0.25, -0.2) is 0 Å². The van der Waals surface area contributed by atoms with Crippen molar-refractivity contribution in [3.8, 4) is 0 Å². The smallest absolute Gasteiger partial charge is 0.253 e. The number of anilines is 1. The highest BCUT2D eigenvalue weighted by atomic mass is 32.2. The molecule has 0 atom stereocenters. The van der Waals surface area contributed by atoms with E-state index in [1.165, 1.54) is 0 Å². The Morgan fingerprint density at radius 2 is 2.29 bits per heavy atom. The number of nitrogens with zero attached hydrogens (tertiary/aromatic N) is 1. The highest BCUT2D eigenvalue weighted by Crippen LogP contribution is 2.11. The summed E-state index contributed by atoms with van der Waals surface area (Å²) in [7, 11) is 1.78. The Labute approximate surface area is 107 Å². The summed E-state index contributed by atoms with van der Waals surface area (Å²) in [6, 6.07) is 1.73. The third kappa shape index (κ3) is 4.65. The number of carbonyl (C=O) groups is 1. The summed E-state index contributed by atoms with van der Waals surface area (Å²) < 4.78 is 0. The average Bonchev–Trinajstić information content (AvgIpc) is 2.38. The molecule has 0 aliphatic rings. The second-order valence-electron chi connectivity index (χ2n) is 3.63. The van der Waals surface area contributed by atoms with Crippen LogP contribution in [0.3, 0.4) is 0 Å². The minimum atomic E-state index is -0.0408. The Balaban J connectivity index is 2.41. The van der Waals surface area contributed by atoms with Crippen LogP contribution in [0.25, 0.3) is 0 Å². The van der Waals surface area contributed by atoms with Crippen molar-refractivity contribution in [1.29, 1.82) is 0 Å². The zero-order valence-corrected chi connectivity index (χ0v) is 11.1. The molecule has 0 bridgehead atoms. The summed E-state index contributed by atoms with van der Waals surface area (Å²) in [6.07, 6.45) is 7.53. The molecule has 1 aromatic rings. The quantitative estimate of drug-likeness (QED) is 0.730. The molecule has 0 aliphatic heterocycles. The van der Waals surface area contributed by atoms with Crippen LogP contribution in [0.2, 0.25) is 0 Å². The van der Waals surface area contributed by atoms with Crippen molar-refractivity contribution < 1.29 is 4.79 Å². The van der Waals surface area contributed by atoms with E-state index in [1.807, 2.05) is 11.8 Å². The van der Waals surface area contributed by atoms with Gasteiger partial charge in [0.2, 0.25) is 0 Å². The van der Waals surface area contributed by atoms with Gasteiger partial charge >= 0.3 is 0 Å². The van der Waals surface area contributed by atoms with Gasteiger partial charge in [0.1, 0.15) is 0 Å². The zero-order chi connectivity index (χ0) is 12.5. The second-order valence-corrected chi connectivity index (χ2v) is 4.61. The first-order valence-corrected chi connectivity index (χ1v) is 7.08. The van der Waals surface area contributed by atoms with Crippen molar-refractivity contribution in [2.24, 2.45) is 0 Å². The Bertz CT molecular complexity index is 357. The summed E-state index contributed by atoms with van der Waals surface area (Å²) in [5.41, 5.74) is 1.40. The molecule has 0 spiro atoms. The highest BCUT2D eigenvalue weighted by Gasteiger charge is 2.09. The summed E-state index contributed by atoms with van der Waals surface area (Å²) in [6.45, 7) is 0.727. The Morgan fingerprint density at radius 1 is 1.47 bits per heavy atom. The van der Waals surface area contributed by atoms with Crippen molar-refractivity contribution in [1.82, 2.24) is 10.3 Å². The molecule has 0 unspecified atom stereocenters. The summed E-state index contributed by atoms with van der Waals surface area (Å²) >= 11 is 1.83. The van der Waals surface area contributed by atoms with Gasteiger partial charge in [-0.1, -0.05) is 0 Å². The molecule has 0 saturated carbocycles. The molecule has 2 N–H and O–H groups in total. The van der Waals surface area contributed by atoms with Crippen LogP contribution >= 0.6 is 11.8 Å². The molecule has 1 heterocycles. The minimum Gasteiger partial charge on any atom is -0.386 e. The van der Waals surface area contributed by atoms with Gasteiger partial charge in [-0.15, -0.1) is 0 Å². The van der Waals surface area contributed by atoms with Crippen molar-refractivity contribution in [2.75, 3.05) is 30.9 Å². The van der Waals surface area contributed by atoms with Crippen LogP contribution in [0.4, 0.5) is 5.69 Å². The van der Waals surface area contributed by atoms with Crippen molar-refractivity contribution >= 4 is 23.4 Å². The molecule has 0 radical (unpaired) electrons. The monoisotopic (exact) mass is 253 g/mol. The molecule has 17 heavy (non-hydrogen) atoms. The molecule has 5 heteroatoms. The Kier molecular flexibility index (Phi) is 6.47. The van der Waals surface area contributed by atoms with Gasteiger partial charge in [0.25, 0.3) is 5.91 Å². The number of rotatable bonds is 7. The van der Waals surface area contributed by atoms with E-state index in [0.717, 1.165) is 30.8 Å². The summed E-state index contributed by atoms with van der Waals surface area (Å²) in [5.74, 6) is 1.10. The third-order valence-electron chi connectivity index (χ3n) is 2.40. The second kappa shape index (κ2) is 7.95. The Morgan fingerprint density at radius 3 is 3.00 bits per heavy atom. The lowest BCUT2D eigenvalue weighted by Crippen LogP contribution is -2.25. The standard InChI is InChI=1S/C12H19N3OS/c1-13-11-9-14-7-5-10(11)12(16)15-6-3-4-8-17-2/h5,7,9,13H,3-4,6,8H2,1-2H3,(H,15,16). The van der Waals surface area contributed by atoms with E-state index >= 15 is 0 Å². The average molecular weight is 253 g/mol. The molecule has 0 saturated heterocycles. The first-order chi connectivity index (χ1) is 8.29. The normalized spacial score (nSPS) is 10.0. The van der Waals surface area contributed by atoms with Crippen molar-refractivity contribution in [2.45, 2.75) is 12.8 Å². The molecule has 1 rings (SSSR count).